The molecule has 0 saturated carbocycles. The molecule has 6 nitrogen and oxygen atoms in total. The van der Waals surface area contributed by atoms with Gasteiger partial charge in [-0.1, -0.05) is 18.2 Å². The Kier molecular flexibility index (Phi) is 3.14. The van der Waals surface area contributed by atoms with E-state index < -0.39 is 0 Å². The van der Waals surface area contributed by atoms with E-state index in [0.717, 1.165) is 5.39 Å². The van der Waals surface area contributed by atoms with Gasteiger partial charge < -0.3 is 9.99 Å². The number of hydrogen-bond acceptors (Lipinski definition) is 5. The topological polar surface area (TPSA) is 85.8 Å². The number of nitrogens with one attached hydrogen (secondary N) is 1. The van der Waals surface area contributed by atoms with Crippen molar-refractivity contribution in [1.82, 2.24) is 14.5 Å². The minimum absolute atomic E-state index is 0.0362. The Bertz CT molecular complexity index is 795. The predicted molar refractivity (Wildman–Crippen MR) is 77.2 cm³/mol. The van der Waals surface area contributed by atoms with Crippen LogP contribution in [-0.4, -0.2) is 14.5 Å². The molecule has 2 heterocycles. The maximum atomic E-state index is 12.3. The first-order valence-corrected chi connectivity index (χ1v) is 6.13. The fourth-order valence-corrected chi connectivity index (χ4v) is 2.04. The maximum absolute atomic E-state index is 12.3. The highest BCUT2D eigenvalue weighted by Gasteiger charge is 2.04. The highest BCUT2D eigenvalue weighted by molar-refractivity contribution is 5.81. The molecular formula is C14H13N5O. The molecule has 0 atom stereocenters. The molecule has 0 aliphatic heterocycles. The summed E-state index contributed by atoms with van der Waals surface area (Å²) in [6.07, 6.45) is 4.89. The smallest absolute Gasteiger partial charge is 0.258 e. The molecule has 20 heavy (non-hydrogen) atoms. The fourth-order valence-electron chi connectivity index (χ4n) is 2.04. The zero-order valence-corrected chi connectivity index (χ0v) is 10.7. The van der Waals surface area contributed by atoms with E-state index in [4.69, 9.17) is 5.84 Å². The number of aromatic nitrogens is 3. The summed E-state index contributed by atoms with van der Waals surface area (Å²) >= 11 is 0. The van der Waals surface area contributed by atoms with Crippen molar-refractivity contribution in [1.29, 1.82) is 0 Å². The van der Waals surface area contributed by atoms with Crippen molar-refractivity contribution in [3.05, 3.63) is 65.0 Å². The number of hydrogen-bond donors (Lipinski definition) is 2. The molecule has 0 spiro atoms. The van der Waals surface area contributed by atoms with Crippen molar-refractivity contribution >= 4 is 16.6 Å². The number of nitrogen functional groups attached to an aromatic ring is 1. The van der Waals surface area contributed by atoms with Gasteiger partial charge in [-0.2, -0.15) is 0 Å². The Balaban J connectivity index is 1.98. The number of pyridine rings is 1. The van der Waals surface area contributed by atoms with Crippen LogP contribution in [0.5, 0.6) is 0 Å². The lowest BCUT2D eigenvalue weighted by Crippen LogP contribution is -2.20. The molecule has 0 bridgehead atoms. The SMILES string of the molecule is NNc1cnc(Cn2ccc3ccccc3c2=O)cn1. The quantitative estimate of drug-likeness (QED) is 0.548. The molecule has 3 aromatic rings. The molecule has 0 amide bonds. The highest BCUT2D eigenvalue weighted by atomic mass is 16.1. The molecule has 1 aromatic carbocycles. The average molecular weight is 267 g/mol. The van der Waals surface area contributed by atoms with E-state index in [1.807, 2.05) is 30.3 Å². The minimum Gasteiger partial charge on any atom is -0.309 e. The zero-order chi connectivity index (χ0) is 13.9. The number of anilines is 1. The van der Waals surface area contributed by atoms with Gasteiger partial charge in [-0.25, -0.2) is 10.8 Å². The van der Waals surface area contributed by atoms with Crippen molar-refractivity contribution in [2.24, 2.45) is 5.84 Å². The maximum Gasteiger partial charge on any atom is 0.258 e. The third kappa shape index (κ3) is 2.24. The van der Waals surface area contributed by atoms with Crippen LogP contribution in [0.15, 0.2) is 53.7 Å². The van der Waals surface area contributed by atoms with E-state index >= 15 is 0 Å². The summed E-state index contributed by atoms with van der Waals surface area (Å²) in [7, 11) is 0. The van der Waals surface area contributed by atoms with Crippen LogP contribution in [0, 0.1) is 0 Å². The van der Waals surface area contributed by atoms with Gasteiger partial charge in [-0.15, -0.1) is 0 Å². The van der Waals surface area contributed by atoms with E-state index in [1.54, 1.807) is 17.0 Å². The summed E-state index contributed by atoms with van der Waals surface area (Å²) in [5.74, 6) is 5.72. The molecule has 0 aliphatic rings. The summed E-state index contributed by atoms with van der Waals surface area (Å²) < 4.78 is 1.61. The standard InChI is InChI=1S/C14H13N5O/c15-18-13-8-16-11(7-17-13)9-19-6-5-10-3-1-2-4-12(10)14(19)20/h1-8H,9,15H2,(H,17,18). The van der Waals surface area contributed by atoms with Gasteiger partial charge in [-0.05, 0) is 17.5 Å². The van der Waals surface area contributed by atoms with Crippen molar-refractivity contribution in [3.8, 4) is 0 Å². The van der Waals surface area contributed by atoms with E-state index in [9.17, 15) is 4.79 Å². The van der Waals surface area contributed by atoms with E-state index in [1.165, 1.54) is 6.20 Å². The van der Waals surface area contributed by atoms with Crippen LogP contribution in [0.3, 0.4) is 0 Å². The fraction of sp³-hybridized carbons (Fsp3) is 0.0714. The highest BCUT2D eigenvalue weighted by Crippen LogP contribution is 2.09. The Hall–Kier alpha value is -2.73. The molecule has 6 heteroatoms. The Morgan fingerprint density at radius 3 is 2.75 bits per heavy atom. The van der Waals surface area contributed by atoms with E-state index in [2.05, 4.69) is 15.4 Å². The van der Waals surface area contributed by atoms with Gasteiger partial charge in [0.1, 0.15) is 0 Å². The number of nitrogens with zero attached hydrogens (tertiary/aromatic N) is 3. The number of fused-ring (bicyclic) bond motifs is 1. The second-order valence-electron chi connectivity index (χ2n) is 4.37. The van der Waals surface area contributed by atoms with Crippen molar-refractivity contribution in [2.45, 2.75) is 6.54 Å². The first-order valence-electron chi connectivity index (χ1n) is 6.13. The lowest BCUT2D eigenvalue weighted by Gasteiger charge is -2.07. The summed E-state index contributed by atoms with van der Waals surface area (Å²) in [5, 5.41) is 1.63. The number of hydrazine groups is 1. The summed E-state index contributed by atoms with van der Waals surface area (Å²) in [4.78, 5) is 20.6. The predicted octanol–water partition coefficient (Wildman–Crippen LogP) is 1.13. The molecule has 2 aromatic heterocycles. The van der Waals surface area contributed by atoms with Gasteiger partial charge >= 0.3 is 0 Å². The normalized spacial score (nSPS) is 10.7. The monoisotopic (exact) mass is 267 g/mol. The van der Waals surface area contributed by atoms with Gasteiger partial charge in [0.05, 0.1) is 24.6 Å². The third-order valence-corrected chi connectivity index (χ3v) is 3.07. The van der Waals surface area contributed by atoms with Crippen molar-refractivity contribution < 1.29 is 0 Å². The summed E-state index contributed by atoms with van der Waals surface area (Å²) in [6.45, 7) is 0.377. The van der Waals surface area contributed by atoms with Crippen LogP contribution in [0.4, 0.5) is 5.82 Å². The minimum atomic E-state index is -0.0362. The Labute approximate surface area is 114 Å². The molecule has 0 radical (unpaired) electrons. The molecule has 0 unspecified atom stereocenters. The number of benzene rings is 1. The molecule has 3 rings (SSSR count). The summed E-state index contributed by atoms with van der Waals surface area (Å²) in [6, 6.07) is 9.43. The largest absolute Gasteiger partial charge is 0.309 e. The Morgan fingerprint density at radius 1 is 1.15 bits per heavy atom. The number of rotatable bonds is 3. The molecule has 0 fully saturated rings. The van der Waals surface area contributed by atoms with Crippen LogP contribution in [0.2, 0.25) is 0 Å². The van der Waals surface area contributed by atoms with Crippen molar-refractivity contribution in [3.63, 3.8) is 0 Å². The molecular weight excluding hydrogens is 254 g/mol. The van der Waals surface area contributed by atoms with Crippen LogP contribution in [0.25, 0.3) is 10.8 Å². The zero-order valence-electron chi connectivity index (χ0n) is 10.7. The van der Waals surface area contributed by atoms with E-state index in [0.29, 0.717) is 23.4 Å². The van der Waals surface area contributed by atoms with Crippen LogP contribution in [0.1, 0.15) is 5.69 Å². The number of nitrogens with two attached hydrogens (primary N) is 1. The molecule has 100 valence electrons. The first kappa shape index (κ1) is 12.3. The lowest BCUT2D eigenvalue weighted by molar-refractivity contribution is 0.742. The molecule has 3 N–H and O–H groups in total. The van der Waals surface area contributed by atoms with Gasteiger partial charge in [0.25, 0.3) is 5.56 Å². The van der Waals surface area contributed by atoms with Gasteiger partial charge in [0, 0.05) is 11.6 Å². The van der Waals surface area contributed by atoms with Crippen LogP contribution >= 0.6 is 0 Å². The summed E-state index contributed by atoms with van der Waals surface area (Å²) in [5.41, 5.74) is 3.07. The second kappa shape index (κ2) is 5.10. The first-order chi connectivity index (χ1) is 9.78. The van der Waals surface area contributed by atoms with Crippen LogP contribution in [-0.2, 0) is 6.54 Å². The van der Waals surface area contributed by atoms with Crippen LogP contribution < -0.4 is 16.8 Å². The Morgan fingerprint density at radius 2 is 2.00 bits per heavy atom. The van der Waals surface area contributed by atoms with Gasteiger partial charge in [0.15, 0.2) is 5.82 Å². The average Bonchev–Trinajstić information content (AvgIpc) is 2.51. The third-order valence-electron chi connectivity index (χ3n) is 3.07. The molecule has 0 aliphatic carbocycles. The van der Waals surface area contributed by atoms with Gasteiger partial charge in [0.2, 0.25) is 0 Å². The van der Waals surface area contributed by atoms with Crippen molar-refractivity contribution in [2.75, 3.05) is 5.43 Å². The lowest BCUT2D eigenvalue weighted by atomic mass is 10.2. The van der Waals surface area contributed by atoms with Gasteiger partial charge in [-0.3, -0.25) is 9.78 Å². The molecule has 0 saturated heterocycles. The van der Waals surface area contributed by atoms with E-state index in [-0.39, 0.29) is 5.56 Å². The second-order valence-corrected chi connectivity index (χ2v) is 4.37.